The van der Waals surface area contributed by atoms with Crippen molar-refractivity contribution in [2.45, 2.75) is 37.8 Å². The molecule has 1 heterocycles. The molecule has 0 amide bonds. The van der Waals surface area contributed by atoms with Crippen molar-refractivity contribution in [2.24, 2.45) is 0 Å². The summed E-state index contributed by atoms with van der Waals surface area (Å²) in [5, 5.41) is 0. The van der Waals surface area contributed by atoms with Crippen molar-refractivity contribution in [2.75, 3.05) is 13.2 Å². The van der Waals surface area contributed by atoms with Crippen molar-refractivity contribution in [3.8, 4) is 0 Å². The van der Waals surface area contributed by atoms with Gasteiger partial charge in [0.25, 0.3) is 5.92 Å². The number of rotatable bonds is 5. The van der Waals surface area contributed by atoms with Crippen LogP contribution in [-0.4, -0.2) is 36.0 Å². The molecule has 0 N–H and O–H groups in total. The van der Waals surface area contributed by atoms with Gasteiger partial charge < -0.3 is 4.74 Å². The van der Waals surface area contributed by atoms with Crippen LogP contribution in [-0.2, 0) is 9.53 Å². The Morgan fingerprint density at radius 3 is 2.15 bits per heavy atom. The fourth-order valence-electron chi connectivity index (χ4n) is 3.56. The van der Waals surface area contributed by atoms with Gasteiger partial charge in [-0.1, -0.05) is 60.7 Å². The van der Waals surface area contributed by atoms with E-state index < -0.39 is 24.4 Å². The zero-order valence-electron chi connectivity index (χ0n) is 14.8. The second-order valence-corrected chi connectivity index (χ2v) is 6.54. The van der Waals surface area contributed by atoms with E-state index in [1.165, 1.54) is 0 Å². The van der Waals surface area contributed by atoms with Gasteiger partial charge >= 0.3 is 5.97 Å². The largest absolute Gasteiger partial charge is 0.465 e. The molecule has 3 nitrogen and oxygen atoms in total. The number of alkyl halides is 2. The van der Waals surface area contributed by atoms with Crippen LogP contribution >= 0.6 is 0 Å². The molecule has 5 heteroatoms. The first-order valence-corrected chi connectivity index (χ1v) is 8.92. The molecule has 1 aliphatic rings. The van der Waals surface area contributed by atoms with E-state index in [1.54, 1.807) is 6.92 Å². The van der Waals surface area contributed by atoms with Crippen LogP contribution in [0.1, 0.15) is 36.9 Å². The van der Waals surface area contributed by atoms with Gasteiger partial charge in [-0.05, 0) is 18.1 Å². The van der Waals surface area contributed by atoms with Crippen molar-refractivity contribution in [1.82, 2.24) is 4.90 Å². The van der Waals surface area contributed by atoms with Crippen LogP contribution in [0.5, 0.6) is 0 Å². The third-order valence-electron chi connectivity index (χ3n) is 4.75. The van der Waals surface area contributed by atoms with E-state index in [9.17, 15) is 13.6 Å². The number of piperidine rings is 1. The Bertz CT molecular complexity index is 682. The molecular formula is C21H23F2NO2. The minimum Gasteiger partial charge on any atom is -0.465 e. The molecule has 0 aliphatic carbocycles. The molecule has 2 aromatic carbocycles. The number of esters is 1. The Kier molecular flexibility index (Phi) is 5.67. The van der Waals surface area contributed by atoms with Crippen molar-refractivity contribution < 1.29 is 18.3 Å². The molecule has 1 unspecified atom stereocenters. The normalized spacial score (nSPS) is 20.1. The summed E-state index contributed by atoms with van der Waals surface area (Å²) in [6, 6.07) is 18.1. The van der Waals surface area contributed by atoms with E-state index in [0.717, 1.165) is 11.1 Å². The van der Waals surface area contributed by atoms with E-state index in [0.29, 0.717) is 0 Å². The molecule has 0 saturated carbocycles. The van der Waals surface area contributed by atoms with Crippen LogP contribution in [0.4, 0.5) is 8.78 Å². The number of carbonyl (C=O) groups is 1. The zero-order valence-corrected chi connectivity index (χ0v) is 14.8. The Morgan fingerprint density at radius 1 is 1.12 bits per heavy atom. The number of hydrogen-bond donors (Lipinski definition) is 0. The van der Waals surface area contributed by atoms with Crippen LogP contribution in [0.3, 0.4) is 0 Å². The first-order valence-electron chi connectivity index (χ1n) is 8.92. The smallest absolute Gasteiger partial charge is 0.323 e. The maximum atomic E-state index is 14.1. The number of hydrogen-bond acceptors (Lipinski definition) is 3. The van der Waals surface area contributed by atoms with E-state index >= 15 is 0 Å². The van der Waals surface area contributed by atoms with Crippen LogP contribution in [0.2, 0.25) is 0 Å². The number of benzene rings is 2. The Morgan fingerprint density at radius 2 is 1.65 bits per heavy atom. The van der Waals surface area contributed by atoms with Gasteiger partial charge in [-0.2, -0.15) is 0 Å². The fraction of sp³-hybridized carbons (Fsp3) is 0.381. The minimum absolute atomic E-state index is 0.130. The minimum atomic E-state index is -2.86. The molecule has 0 radical (unpaired) electrons. The number of carbonyl (C=O) groups excluding carboxylic acids is 1. The van der Waals surface area contributed by atoms with Crippen molar-refractivity contribution in [3.63, 3.8) is 0 Å². The van der Waals surface area contributed by atoms with E-state index in [-0.39, 0.29) is 25.6 Å². The highest BCUT2D eigenvalue weighted by Crippen LogP contribution is 2.39. The van der Waals surface area contributed by atoms with E-state index in [1.807, 2.05) is 65.6 Å². The number of nitrogens with zero attached hydrogens (tertiary/aromatic N) is 1. The highest BCUT2D eigenvalue weighted by molar-refractivity contribution is 5.76. The number of halogens is 2. The summed E-state index contributed by atoms with van der Waals surface area (Å²) >= 11 is 0. The lowest BCUT2D eigenvalue weighted by atomic mass is 9.90. The van der Waals surface area contributed by atoms with Crippen molar-refractivity contribution in [3.05, 3.63) is 71.8 Å². The van der Waals surface area contributed by atoms with E-state index in [4.69, 9.17) is 4.74 Å². The summed E-state index contributed by atoms with van der Waals surface area (Å²) in [6.45, 7) is 2.00. The molecule has 1 fully saturated rings. The Hall–Kier alpha value is -2.27. The summed E-state index contributed by atoms with van der Waals surface area (Å²) in [7, 11) is 0. The highest BCUT2D eigenvalue weighted by atomic mass is 19.3. The van der Waals surface area contributed by atoms with Gasteiger partial charge in [0, 0.05) is 19.4 Å². The summed E-state index contributed by atoms with van der Waals surface area (Å²) in [5.41, 5.74) is 1.94. The van der Waals surface area contributed by atoms with Crippen molar-refractivity contribution in [1.29, 1.82) is 0 Å². The highest BCUT2D eigenvalue weighted by Gasteiger charge is 2.46. The Labute approximate surface area is 152 Å². The van der Waals surface area contributed by atoms with Gasteiger partial charge in [-0.3, -0.25) is 9.69 Å². The topological polar surface area (TPSA) is 29.5 Å². The monoisotopic (exact) mass is 359 g/mol. The zero-order chi connectivity index (χ0) is 18.6. The molecule has 2 aromatic rings. The average Bonchev–Trinajstić information content (AvgIpc) is 2.65. The predicted octanol–water partition coefficient (Wildman–Crippen LogP) is 4.44. The quantitative estimate of drug-likeness (QED) is 0.739. The maximum Gasteiger partial charge on any atom is 0.323 e. The van der Waals surface area contributed by atoms with Gasteiger partial charge in [0.15, 0.2) is 0 Å². The van der Waals surface area contributed by atoms with Gasteiger partial charge in [0.05, 0.1) is 12.6 Å². The second kappa shape index (κ2) is 7.96. The molecule has 1 atom stereocenters. The molecule has 1 saturated heterocycles. The van der Waals surface area contributed by atoms with Gasteiger partial charge in [0.2, 0.25) is 0 Å². The third-order valence-corrected chi connectivity index (χ3v) is 4.75. The van der Waals surface area contributed by atoms with Gasteiger partial charge in [-0.25, -0.2) is 8.78 Å². The number of likely N-dealkylation sites (tertiary alicyclic amines) is 1. The lowest BCUT2D eigenvalue weighted by molar-refractivity contribution is -0.161. The van der Waals surface area contributed by atoms with Gasteiger partial charge in [0.1, 0.15) is 6.04 Å². The summed E-state index contributed by atoms with van der Waals surface area (Å²) in [5.74, 6) is -3.44. The van der Waals surface area contributed by atoms with Crippen LogP contribution in [0.25, 0.3) is 0 Å². The molecule has 0 spiro atoms. The summed E-state index contributed by atoms with van der Waals surface area (Å²) in [6.07, 6.45) is -0.777. The standard InChI is InChI=1S/C21H23F2NO2/c1-2-26-20(25)18-15-21(22,23)13-14-24(18)19(16-9-5-3-6-10-16)17-11-7-4-8-12-17/h3-12,18-19H,2,13-15H2,1H3. The fourth-order valence-corrected chi connectivity index (χ4v) is 3.56. The molecule has 1 aliphatic heterocycles. The first-order chi connectivity index (χ1) is 12.5. The maximum absolute atomic E-state index is 14.1. The second-order valence-electron chi connectivity index (χ2n) is 6.54. The molecule has 138 valence electrons. The lowest BCUT2D eigenvalue weighted by Gasteiger charge is -2.42. The summed E-state index contributed by atoms with van der Waals surface area (Å²) in [4.78, 5) is 14.3. The third kappa shape index (κ3) is 4.10. The predicted molar refractivity (Wildman–Crippen MR) is 96.0 cm³/mol. The van der Waals surface area contributed by atoms with Gasteiger partial charge in [-0.15, -0.1) is 0 Å². The summed E-state index contributed by atoms with van der Waals surface area (Å²) < 4.78 is 33.2. The molecule has 3 rings (SSSR count). The Balaban J connectivity index is 2.02. The van der Waals surface area contributed by atoms with Crippen LogP contribution in [0.15, 0.2) is 60.7 Å². The SMILES string of the molecule is CCOC(=O)C1CC(F)(F)CCN1C(c1ccccc1)c1ccccc1. The molecule has 0 aromatic heterocycles. The molecular weight excluding hydrogens is 336 g/mol. The van der Waals surface area contributed by atoms with E-state index in [2.05, 4.69) is 0 Å². The lowest BCUT2D eigenvalue weighted by Crippen LogP contribution is -2.52. The first kappa shape index (κ1) is 18.5. The molecule has 26 heavy (non-hydrogen) atoms. The van der Waals surface area contributed by atoms with Crippen LogP contribution < -0.4 is 0 Å². The molecule has 0 bridgehead atoms. The van der Waals surface area contributed by atoms with Crippen LogP contribution in [0, 0.1) is 0 Å². The number of ether oxygens (including phenoxy) is 1. The average molecular weight is 359 g/mol. The van der Waals surface area contributed by atoms with Crippen molar-refractivity contribution >= 4 is 5.97 Å².